The molecule has 0 unspecified atom stereocenters. The number of rotatable bonds is 4. The highest BCUT2D eigenvalue weighted by molar-refractivity contribution is 7.89. The number of pyridine rings is 1. The number of hydrogen-bond donors (Lipinski definition) is 1. The van der Waals surface area contributed by atoms with Crippen molar-refractivity contribution in [3.05, 3.63) is 24.1 Å². The van der Waals surface area contributed by atoms with Gasteiger partial charge < -0.3 is 5.11 Å². The van der Waals surface area contributed by atoms with E-state index in [2.05, 4.69) is 4.98 Å². The van der Waals surface area contributed by atoms with Gasteiger partial charge in [-0.15, -0.1) is 0 Å². The van der Waals surface area contributed by atoms with Crippen molar-refractivity contribution in [3.8, 4) is 0 Å². The minimum atomic E-state index is -3.94. The van der Waals surface area contributed by atoms with Crippen LogP contribution in [-0.4, -0.2) is 41.5 Å². The second-order valence-electron chi connectivity index (χ2n) is 4.54. The molecule has 5 nitrogen and oxygen atoms in total. The topological polar surface area (TPSA) is 70.5 Å². The number of halogens is 1. The summed E-state index contributed by atoms with van der Waals surface area (Å²) in [4.78, 5) is 3.56. The van der Waals surface area contributed by atoms with Crippen LogP contribution in [0.4, 0.5) is 4.39 Å². The molecule has 0 amide bonds. The van der Waals surface area contributed by atoms with Gasteiger partial charge in [0.1, 0.15) is 0 Å². The van der Waals surface area contributed by atoms with E-state index in [1.807, 2.05) is 6.92 Å². The lowest BCUT2D eigenvalue weighted by atomic mass is 9.92. The van der Waals surface area contributed by atoms with Gasteiger partial charge in [0.25, 0.3) is 10.0 Å². The smallest absolute Gasteiger partial charge is 0.263 e. The molecular formula is C11H15FN2O3S. The Kier molecular flexibility index (Phi) is 3.39. The van der Waals surface area contributed by atoms with E-state index >= 15 is 0 Å². The molecule has 1 aromatic heterocycles. The molecule has 7 heteroatoms. The SMILES string of the molecule is CCCC1(O)CN(S(=O)(=O)c2ncccc2F)C1. The van der Waals surface area contributed by atoms with Crippen molar-refractivity contribution in [2.24, 2.45) is 0 Å². The van der Waals surface area contributed by atoms with Crippen LogP contribution in [0.5, 0.6) is 0 Å². The molecule has 1 fully saturated rings. The third-order valence-corrected chi connectivity index (χ3v) is 4.69. The summed E-state index contributed by atoms with van der Waals surface area (Å²) in [5.41, 5.74) is -0.979. The molecule has 1 aliphatic rings. The third-order valence-electron chi connectivity index (χ3n) is 2.97. The van der Waals surface area contributed by atoms with Crippen molar-refractivity contribution in [2.75, 3.05) is 13.1 Å². The number of nitrogens with zero attached hydrogens (tertiary/aromatic N) is 2. The number of aliphatic hydroxyl groups is 1. The number of aromatic nitrogens is 1. The first-order chi connectivity index (χ1) is 8.39. The van der Waals surface area contributed by atoms with E-state index in [1.54, 1.807) is 0 Å². The van der Waals surface area contributed by atoms with Crippen LogP contribution < -0.4 is 0 Å². The lowest BCUT2D eigenvalue weighted by Gasteiger charge is -2.45. The first-order valence-corrected chi connectivity index (χ1v) is 7.16. The lowest BCUT2D eigenvalue weighted by Crippen LogP contribution is -2.63. The van der Waals surface area contributed by atoms with Gasteiger partial charge in [0.05, 0.1) is 5.60 Å². The van der Waals surface area contributed by atoms with E-state index in [0.717, 1.165) is 16.8 Å². The average molecular weight is 274 g/mol. The molecule has 18 heavy (non-hydrogen) atoms. The van der Waals surface area contributed by atoms with Crippen LogP contribution in [0.2, 0.25) is 0 Å². The molecule has 1 aromatic rings. The quantitative estimate of drug-likeness (QED) is 0.880. The largest absolute Gasteiger partial charge is 0.387 e. The van der Waals surface area contributed by atoms with Crippen LogP contribution in [0, 0.1) is 5.82 Å². The van der Waals surface area contributed by atoms with E-state index < -0.39 is 26.5 Å². The van der Waals surface area contributed by atoms with E-state index in [0.29, 0.717) is 6.42 Å². The van der Waals surface area contributed by atoms with Crippen molar-refractivity contribution >= 4 is 10.0 Å². The Balaban J connectivity index is 2.19. The normalized spacial score (nSPS) is 19.5. The van der Waals surface area contributed by atoms with Crippen molar-refractivity contribution in [3.63, 3.8) is 0 Å². The fourth-order valence-corrected chi connectivity index (χ4v) is 3.66. The minimum absolute atomic E-state index is 0.000806. The van der Waals surface area contributed by atoms with Crippen LogP contribution in [0.25, 0.3) is 0 Å². The minimum Gasteiger partial charge on any atom is -0.387 e. The van der Waals surface area contributed by atoms with E-state index in [-0.39, 0.29) is 13.1 Å². The lowest BCUT2D eigenvalue weighted by molar-refractivity contribution is -0.0654. The van der Waals surface area contributed by atoms with Crippen molar-refractivity contribution < 1.29 is 17.9 Å². The van der Waals surface area contributed by atoms with Gasteiger partial charge >= 0.3 is 0 Å². The molecular weight excluding hydrogens is 259 g/mol. The molecule has 1 saturated heterocycles. The highest BCUT2D eigenvalue weighted by Gasteiger charge is 2.47. The van der Waals surface area contributed by atoms with Gasteiger partial charge in [0, 0.05) is 19.3 Å². The van der Waals surface area contributed by atoms with Gasteiger partial charge in [-0.2, -0.15) is 4.31 Å². The molecule has 2 heterocycles. The Morgan fingerprint density at radius 2 is 2.22 bits per heavy atom. The summed E-state index contributed by atoms with van der Waals surface area (Å²) in [5, 5.41) is 9.36. The zero-order valence-corrected chi connectivity index (χ0v) is 10.8. The average Bonchev–Trinajstić information content (AvgIpc) is 2.26. The number of β-amino-alcohol motifs (C(OH)–C–C–N with tert-alkyl or cyclic N) is 1. The highest BCUT2D eigenvalue weighted by Crippen LogP contribution is 2.31. The zero-order chi connectivity index (χ0) is 13.4. The first-order valence-electron chi connectivity index (χ1n) is 5.72. The predicted molar refractivity (Wildman–Crippen MR) is 62.8 cm³/mol. The van der Waals surface area contributed by atoms with Crippen LogP contribution in [0.15, 0.2) is 23.4 Å². The van der Waals surface area contributed by atoms with Crippen LogP contribution in [0.3, 0.4) is 0 Å². The molecule has 1 aliphatic heterocycles. The zero-order valence-electron chi connectivity index (χ0n) is 10.0. The number of hydrogen-bond acceptors (Lipinski definition) is 4. The Morgan fingerprint density at radius 3 is 2.78 bits per heavy atom. The second-order valence-corrected chi connectivity index (χ2v) is 6.39. The van der Waals surface area contributed by atoms with Crippen molar-refractivity contribution in [1.29, 1.82) is 0 Å². The predicted octanol–water partition coefficient (Wildman–Crippen LogP) is 0.756. The molecule has 1 N–H and O–H groups in total. The van der Waals surface area contributed by atoms with Gasteiger partial charge in [0.15, 0.2) is 5.82 Å². The third kappa shape index (κ3) is 2.25. The summed E-state index contributed by atoms with van der Waals surface area (Å²) < 4.78 is 38.5. The summed E-state index contributed by atoms with van der Waals surface area (Å²) in [5.74, 6) is -0.872. The van der Waals surface area contributed by atoms with E-state index in [1.165, 1.54) is 12.3 Å². The molecule has 0 radical (unpaired) electrons. The highest BCUT2D eigenvalue weighted by atomic mass is 32.2. The molecule has 0 aromatic carbocycles. The standard InChI is InChI=1S/C11H15FN2O3S/c1-2-5-11(15)7-14(8-11)18(16,17)10-9(12)4-3-6-13-10/h3-4,6,15H,2,5,7-8H2,1H3. The monoisotopic (exact) mass is 274 g/mol. The van der Waals surface area contributed by atoms with Crippen LogP contribution in [0.1, 0.15) is 19.8 Å². The second kappa shape index (κ2) is 4.56. The Hall–Kier alpha value is -1.05. The van der Waals surface area contributed by atoms with Crippen LogP contribution in [-0.2, 0) is 10.0 Å². The maximum atomic E-state index is 13.4. The molecule has 0 bridgehead atoms. The Morgan fingerprint density at radius 1 is 1.56 bits per heavy atom. The fraction of sp³-hybridized carbons (Fsp3) is 0.545. The van der Waals surface area contributed by atoms with Gasteiger partial charge in [0.2, 0.25) is 5.03 Å². The van der Waals surface area contributed by atoms with Crippen molar-refractivity contribution in [1.82, 2.24) is 9.29 Å². The summed E-state index contributed by atoms with van der Waals surface area (Å²) in [6, 6.07) is 2.38. The van der Waals surface area contributed by atoms with Gasteiger partial charge in [-0.1, -0.05) is 13.3 Å². The summed E-state index contributed by atoms with van der Waals surface area (Å²) in [6.07, 6.45) is 2.53. The van der Waals surface area contributed by atoms with E-state index in [9.17, 15) is 17.9 Å². The van der Waals surface area contributed by atoms with E-state index in [4.69, 9.17) is 0 Å². The maximum Gasteiger partial charge on any atom is 0.263 e. The van der Waals surface area contributed by atoms with Crippen molar-refractivity contribution in [2.45, 2.75) is 30.4 Å². The molecule has 2 rings (SSSR count). The summed E-state index contributed by atoms with van der Waals surface area (Å²) >= 11 is 0. The van der Waals surface area contributed by atoms with Gasteiger partial charge in [-0.3, -0.25) is 0 Å². The van der Waals surface area contributed by atoms with Gasteiger partial charge in [-0.05, 0) is 18.6 Å². The van der Waals surface area contributed by atoms with Crippen LogP contribution >= 0.6 is 0 Å². The Labute approximate surface area is 105 Å². The summed E-state index contributed by atoms with van der Waals surface area (Å²) in [7, 11) is -3.94. The summed E-state index contributed by atoms with van der Waals surface area (Å²) in [6.45, 7) is 1.91. The maximum absolute atomic E-state index is 13.4. The molecule has 0 spiro atoms. The molecule has 0 atom stereocenters. The molecule has 0 saturated carbocycles. The number of sulfonamides is 1. The van der Waals surface area contributed by atoms with Gasteiger partial charge in [-0.25, -0.2) is 17.8 Å². The molecule has 0 aliphatic carbocycles. The molecule has 100 valence electrons. The first kappa shape index (κ1) is 13.4. The fourth-order valence-electron chi connectivity index (χ4n) is 2.09. The Bertz CT molecular complexity index is 541.